The average molecular weight is 271 g/mol. The maximum Gasteiger partial charge on any atom is 0.0727 e. The monoisotopic (exact) mass is 270 g/mol. The number of hydrogen-bond donors (Lipinski definition) is 2. The van der Waals surface area contributed by atoms with Crippen molar-refractivity contribution in [1.82, 2.24) is 10.3 Å². The van der Waals surface area contributed by atoms with E-state index in [1.807, 2.05) is 12.1 Å². The molecule has 2 N–H and O–H groups in total. The first-order valence-electron chi connectivity index (χ1n) is 5.22. The number of hydrogen-bond acceptors (Lipinski definition) is 3. The number of piperidine rings is 1. The lowest BCUT2D eigenvalue weighted by Crippen LogP contribution is -2.43. The van der Waals surface area contributed by atoms with E-state index in [1.54, 1.807) is 6.20 Å². The summed E-state index contributed by atoms with van der Waals surface area (Å²) in [5.41, 5.74) is 0.397. The van der Waals surface area contributed by atoms with Gasteiger partial charge in [-0.1, -0.05) is 0 Å². The molecular formula is C11H15BrN2O. The van der Waals surface area contributed by atoms with E-state index in [-0.39, 0.29) is 0 Å². The van der Waals surface area contributed by atoms with Crippen molar-refractivity contribution in [1.29, 1.82) is 0 Å². The zero-order valence-corrected chi connectivity index (χ0v) is 10.1. The maximum atomic E-state index is 10.3. The van der Waals surface area contributed by atoms with Gasteiger partial charge >= 0.3 is 0 Å². The summed E-state index contributed by atoms with van der Waals surface area (Å²) in [6.45, 7) is 1.79. The van der Waals surface area contributed by atoms with Gasteiger partial charge in [-0.2, -0.15) is 0 Å². The lowest BCUT2D eigenvalue weighted by atomic mass is 9.88. The minimum atomic E-state index is -0.563. The van der Waals surface area contributed by atoms with Crippen LogP contribution in [-0.4, -0.2) is 28.8 Å². The van der Waals surface area contributed by atoms with Gasteiger partial charge in [0, 0.05) is 22.8 Å². The third kappa shape index (κ3) is 3.00. The van der Waals surface area contributed by atoms with Crippen LogP contribution < -0.4 is 5.32 Å². The van der Waals surface area contributed by atoms with E-state index in [4.69, 9.17) is 0 Å². The van der Waals surface area contributed by atoms with Crippen LogP contribution in [0.3, 0.4) is 0 Å². The summed E-state index contributed by atoms with van der Waals surface area (Å²) < 4.78 is 0.976. The van der Waals surface area contributed by atoms with Crippen molar-refractivity contribution in [2.45, 2.75) is 24.9 Å². The summed E-state index contributed by atoms with van der Waals surface area (Å²) >= 11 is 3.35. The zero-order chi connectivity index (χ0) is 10.7. The van der Waals surface area contributed by atoms with Crippen molar-refractivity contribution in [2.24, 2.45) is 0 Å². The third-order valence-corrected chi connectivity index (χ3v) is 3.30. The molecule has 1 aliphatic heterocycles. The van der Waals surface area contributed by atoms with Crippen LogP contribution in [0.15, 0.2) is 22.8 Å². The minimum absolute atomic E-state index is 0.563. The topological polar surface area (TPSA) is 45.2 Å². The van der Waals surface area contributed by atoms with E-state index in [0.717, 1.165) is 36.1 Å². The molecule has 1 saturated heterocycles. The third-order valence-electron chi connectivity index (χ3n) is 2.83. The van der Waals surface area contributed by atoms with Gasteiger partial charge in [-0.05, 0) is 54.0 Å². The van der Waals surface area contributed by atoms with Crippen molar-refractivity contribution < 1.29 is 5.11 Å². The van der Waals surface area contributed by atoms with Gasteiger partial charge in [0.15, 0.2) is 0 Å². The molecule has 15 heavy (non-hydrogen) atoms. The van der Waals surface area contributed by atoms with Crippen LogP contribution in [-0.2, 0) is 6.42 Å². The van der Waals surface area contributed by atoms with E-state index in [9.17, 15) is 5.11 Å². The highest BCUT2D eigenvalue weighted by molar-refractivity contribution is 9.10. The van der Waals surface area contributed by atoms with Gasteiger partial charge in [-0.25, -0.2) is 0 Å². The SMILES string of the molecule is OC1(Cc2ccc(Br)cn2)CCNCC1. The molecule has 2 rings (SSSR count). The Morgan fingerprint density at radius 1 is 1.40 bits per heavy atom. The molecule has 1 aromatic heterocycles. The summed E-state index contributed by atoms with van der Waals surface area (Å²) in [6, 6.07) is 3.93. The Balaban J connectivity index is 2.03. The van der Waals surface area contributed by atoms with Crippen molar-refractivity contribution >= 4 is 15.9 Å². The molecule has 1 fully saturated rings. The highest BCUT2D eigenvalue weighted by atomic mass is 79.9. The predicted octanol–water partition coefficient (Wildman–Crippen LogP) is 1.50. The van der Waals surface area contributed by atoms with E-state index >= 15 is 0 Å². The Morgan fingerprint density at radius 3 is 2.73 bits per heavy atom. The normalized spacial score (nSPS) is 20.1. The fraction of sp³-hybridized carbons (Fsp3) is 0.545. The number of halogens is 1. The first kappa shape index (κ1) is 11.0. The van der Waals surface area contributed by atoms with Gasteiger partial charge in [0.1, 0.15) is 0 Å². The summed E-state index contributed by atoms with van der Waals surface area (Å²) in [6.07, 6.45) is 4.05. The summed E-state index contributed by atoms with van der Waals surface area (Å²) in [7, 11) is 0. The van der Waals surface area contributed by atoms with Gasteiger partial charge < -0.3 is 10.4 Å². The molecule has 0 amide bonds. The Labute approximate surface area is 98.0 Å². The van der Waals surface area contributed by atoms with Crippen LogP contribution in [0.2, 0.25) is 0 Å². The second kappa shape index (κ2) is 4.60. The molecule has 82 valence electrons. The van der Waals surface area contributed by atoms with Crippen LogP contribution in [0.25, 0.3) is 0 Å². The van der Waals surface area contributed by atoms with Gasteiger partial charge in [-0.15, -0.1) is 0 Å². The zero-order valence-electron chi connectivity index (χ0n) is 8.54. The summed E-state index contributed by atoms with van der Waals surface area (Å²) in [5, 5.41) is 13.5. The molecule has 0 radical (unpaired) electrons. The first-order chi connectivity index (χ1) is 7.18. The molecule has 0 aromatic carbocycles. The predicted molar refractivity (Wildman–Crippen MR) is 62.7 cm³/mol. The second-order valence-electron chi connectivity index (χ2n) is 4.12. The largest absolute Gasteiger partial charge is 0.389 e. The summed E-state index contributed by atoms with van der Waals surface area (Å²) in [5.74, 6) is 0. The highest BCUT2D eigenvalue weighted by Gasteiger charge is 2.29. The van der Waals surface area contributed by atoms with Crippen molar-refractivity contribution in [3.63, 3.8) is 0 Å². The number of aromatic nitrogens is 1. The Bertz CT molecular complexity index is 320. The van der Waals surface area contributed by atoms with Gasteiger partial charge in [0.05, 0.1) is 5.60 Å². The molecule has 0 unspecified atom stereocenters. The number of rotatable bonds is 2. The molecule has 2 heterocycles. The fourth-order valence-electron chi connectivity index (χ4n) is 1.92. The number of aliphatic hydroxyl groups is 1. The van der Waals surface area contributed by atoms with Crippen LogP contribution in [0.4, 0.5) is 0 Å². The average Bonchev–Trinajstić information content (AvgIpc) is 2.22. The van der Waals surface area contributed by atoms with Gasteiger partial charge in [0.25, 0.3) is 0 Å². The smallest absolute Gasteiger partial charge is 0.0727 e. The van der Waals surface area contributed by atoms with Crippen LogP contribution in [0.1, 0.15) is 18.5 Å². The molecule has 0 spiro atoms. The Kier molecular flexibility index (Phi) is 3.38. The molecule has 0 atom stereocenters. The van der Waals surface area contributed by atoms with Crippen molar-refractivity contribution in [3.8, 4) is 0 Å². The molecule has 4 heteroatoms. The number of nitrogens with zero attached hydrogens (tertiary/aromatic N) is 1. The van der Waals surface area contributed by atoms with E-state index in [1.165, 1.54) is 0 Å². The Hall–Kier alpha value is -0.450. The van der Waals surface area contributed by atoms with Gasteiger partial charge in [0.2, 0.25) is 0 Å². The molecule has 1 aliphatic rings. The number of pyridine rings is 1. The molecule has 0 aliphatic carbocycles. The lowest BCUT2D eigenvalue weighted by Gasteiger charge is -2.32. The van der Waals surface area contributed by atoms with E-state index < -0.39 is 5.60 Å². The molecule has 0 bridgehead atoms. The van der Waals surface area contributed by atoms with E-state index in [0.29, 0.717) is 6.42 Å². The van der Waals surface area contributed by atoms with E-state index in [2.05, 4.69) is 26.2 Å². The summed E-state index contributed by atoms with van der Waals surface area (Å²) in [4.78, 5) is 4.29. The Morgan fingerprint density at radius 2 is 2.13 bits per heavy atom. The molecular weight excluding hydrogens is 256 g/mol. The fourth-order valence-corrected chi connectivity index (χ4v) is 2.15. The number of nitrogens with one attached hydrogen (secondary N) is 1. The second-order valence-corrected chi connectivity index (χ2v) is 5.03. The molecule has 0 saturated carbocycles. The van der Waals surface area contributed by atoms with Crippen LogP contribution in [0.5, 0.6) is 0 Å². The molecule has 3 nitrogen and oxygen atoms in total. The molecule has 1 aromatic rings. The highest BCUT2D eigenvalue weighted by Crippen LogP contribution is 2.22. The quantitative estimate of drug-likeness (QED) is 0.856. The maximum absolute atomic E-state index is 10.3. The van der Waals surface area contributed by atoms with Crippen LogP contribution >= 0.6 is 15.9 Å². The van der Waals surface area contributed by atoms with Crippen LogP contribution in [0, 0.1) is 0 Å². The van der Waals surface area contributed by atoms with Crippen molar-refractivity contribution in [3.05, 3.63) is 28.5 Å². The first-order valence-corrected chi connectivity index (χ1v) is 6.01. The van der Waals surface area contributed by atoms with Gasteiger partial charge in [-0.3, -0.25) is 4.98 Å². The standard InChI is InChI=1S/C11H15BrN2O/c12-9-1-2-10(14-8-9)7-11(15)3-5-13-6-4-11/h1-2,8,13,15H,3-7H2. The van der Waals surface area contributed by atoms with Crippen molar-refractivity contribution in [2.75, 3.05) is 13.1 Å². The lowest BCUT2D eigenvalue weighted by molar-refractivity contribution is 0.0100. The minimum Gasteiger partial charge on any atom is -0.389 e.